The Balaban J connectivity index is 1.72. The van der Waals surface area contributed by atoms with Crippen LogP contribution >= 0.6 is 39.1 Å². The van der Waals surface area contributed by atoms with E-state index >= 15 is 0 Å². The quantitative estimate of drug-likeness (QED) is 0.495. The largest absolute Gasteiger partial charge is 0.454 e. The molecule has 2 aromatic carbocycles. The third-order valence-electron chi connectivity index (χ3n) is 3.57. The Bertz CT molecular complexity index is 971. The van der Waals surface area contributed by atoms with Gasteiger partial charge in [-0.15, -0.1) is 0 Å². The van der Waals surface area contributed by atoms with Crippen molar-refractivity contribution >= 4 is 57.1 Å². The van der Waals surface area contributed by atoms with Crippen molar-refractivity contribution in [2.45, 2.75) is 0 Å². The fourth-order valence-corrected chi connectivity index (χ4v) is 3.30. The van der Waals surface area contributed by atoms with Crippen molar-refractivity contribution in [1.29, 1.82) is 0 Å². The van der Waals surface area contributed by atoms with Crippen molar-refractivity contribution < 1.29 is 19.0 Å². The molecular weight excluding hydrogens is 433 g/mol. The van der Waals surface area contributed by atoms with Crippen LogP contribution in [0.25, 0.3) is 6.08 Å². The number of cyclic esters (lactones) is 1. The summed E-state index contributed by atoms with van der Waals surface area (Å²) in [4.78, 5) is 16.4. The molecule has 2 aliphatic rings. The first-order valence-corrected chi connectivity index (χ1v) is 8.63. The van der Waals surface area contributed by atoms with Gasteiger partial charge in [-0.05, 0) is 42.0 Å². The predicted molar refractivity (Wildman–Crippen MR) is 97.3 cm³/mol. The molecular formula is C17H8BrCl2NO4. The highest BCUT2D eigenvalue weighted by Gasteiger charge is 2.26. The number of carbonyl (C=O) groups is 1. The van der Waals surface area contributed by atoms with Gasteiger partial charge in [0.2, 0.25) is 12.7 Å². The van der Waals surface area contributed by atoms with E-state index in [0.29, 0.717) is 32.7 Å². The summed E-state index contributed by atoms with van der Waals surface area (Å²) < 4.78 is 16.6. The summed E-state index contributed by atoms with van der Waals surface area (Å²) in [6, 6.07) is 8.39. The van der Waals surface area contributed by atoms with Gasteiger partial charge < -0.3 is 14.2 Å². The third-order valence-corrected chi connectivity index (χ3v) is 4.80. The molecule has 2 heterocycles. The number of nitrogens with zero attached hydrogens (tertiary/aromatic N) is 1. The van der Waals surface area contributed by atoms with Gasteiger partial charge in [0.15, 0.2) is 17.2 Å². The van der Waals surface area contributed by atoms with Gasteiger partial charge in [0.25, 0.3) is 0 Å². The SMILES string of the molecule is O=C1OC(c2ccc(Cl)cc2Cl)=N/C1=C/c1cc2c(cc1Br)OCO2. The van der Waals surface area contributed by atoms with Crippen molar-refractivity contribution in [2.75, 3.05) is 6.79 Å². The van der Waals surface area contributed by atoms with E-state index in [1.54, 1.807) is 36.4 Å². The number of ether oxygens (including phenoxy) is 3. The second kappa shape index (κ2) is 6.37. The van der Waals surface area contributed by atoms with Gasteiger partial charge in [0.1, 0.15) is 0 Å². The van der Waals surface area contributed by atoms with Crippen molar-refractivity contribution in [3.05, 3.63) is 61.7 Å². The number of fused-ring (bicyclic) bond motifs is 1. The smallest absolute Gasteiger partial charge is 0.363 e. The summed E-state index contributed by atoms with van der Waals surface area (Å²) in [5.74, 6) is 0.812. The maximum atomic E-state index is 12.1. The van der Waals surface area contributed by atoms with Crippen molar-refractivity contribution in [3.8, 4) is 11.5 Å². The summed E-state index contributed by atoms with van der Waals surface area (Å²) in [5, 5.41) is 0.836. The summed E-state index contributed by atoms with van der Waals surface area (Å²) >= 11 is 15.5. The van der Waals surface area contributed by atoms with Crippen LogP contribution in [0.5, 0.6) is 11.5 Å². The lowest BCUT2D eigenvalue weighted by molar-refractivity contribution is -0.129. The molecule has 0 N–H and O–H groups in total. The van der Waals surface area contributed by atoms with Crippen LogP contribution in [0.4, 0.5) is 0 Å². The van der Waals surface area contributed by atoms with E-state index in [2.05, 4.69) is 20.9 Å². The Morgan fingerprint density at radius 3 is 2.64 bits per heavy atom. The molecule has 0 saturated heterocycles. The van der Waals surface area contributed by atoms with E-state index in [0.717, 1.165) is 4.47 Å². The van der Waals surface area contributed by atoms with Gasteiger partial charge in [-0.2, -0.15) is 0 Å². The Labute approximate surface area is 160 Å². The molecule has 25 heavy (non-hydrogen) atoms. The number of benzene rings is 2. The predicted octanol–water partition coefficient (Wildman–Crippen LogP) is 4.83. The number of hydrogen-bond acceptors (Lipinski definition) is 5. The van der Waals surface area contributed by atoms with E-state index in [4.69, 9.17) is 37.4 Å². The summed E-state index contributed by atoms with van der Waals surface area (Å²) in [7, 11) is 0. The van der Waals surface area contributed by atoms with Crippen LogP contribution in [0.3, 0.4) is 0 Å². The molecule has 8 heteroatoms. The molecule has 0 radical (unpaired) electrons. The van der Waals surface area contributed by atoms with E-state index in [-0.39, 0.29) is 18.4 Å². The number of esters is 1. The lowest BCUT2D eigenvalue weighted by Gasteiger charge is -2.02. The van der Waals surface area contributed by atoms with Crippen LogP contribution in [0.15, 0.2) is 45.5 Å². The molecule has 5 nitrogen and oxygen atoms in total. The molecule has 126 valence electrons. The Hall–Kier alpha value is -2.02. The molecule has 0 unspecified atom stereocenters. The molecule has 2 aliphatic heterocycles. The lowest BCUT2D eigenvalue weighted by Crippen LogP contribution is -2.05. The molecule has 0 spiro atoms. The molecule has 0 fully saturated rings. The van der Waals surface area contributed by atoms with Crippen molar-refractivity contribution in [1.82, 2.24) is 0 Å². The first-order chi connectivity index (χ1) is 12.0. The number of rotatable bonds is 2. The average molecular weight is 441 g/mol. The maximum absolute atomic E-state index is 12.1. The molecule has 0 aromatic heterocycles. The number of carbonyl (C=O) groups excluding carboxylic acids is 1. The first-order valence-electron chi connectivity index (χ1n) is 7.08. The maximum Gasteiger partial charge on any atom is 0.363 e. The topological polar surface area (TPSA) is 57.1 Å². The van der Waals surface area contributed by atoms with Crippen molar-refractivity contribution in [2.24, 2.45) is 4.99 Å². The van der Waals surface area contributed by atoms with Crippen molar-refractivity contribution in [3.63, 3.8) is 0 Å². The number of hydrogen-bond donors (Lipinski definition) is 0. The minimum Gasteiger partial charge on any atom is -0.454 e. The van der Waals surface area contributed by atoms with Crippen LogP contribution < -0.4 is 9.47 Å². The Morgan fingerprint density at radius 1 is 1.12 bits per heavy atom. The zero-order valence-corrected chi connectivity index (χ0v) is 15.5. The van der Waals surface area contributed by atoms with Crippen LogP contribution in [-0.2, 0) is 9.53 Å². The monoisotopic (exact) mass is 439 g/mol. The first kappa shape index (κ1) is 16.4. The second-order valence-corrected chi connectivity index (χ2v) is 6.89. The minimum absolute atomic E-state index is 0.134. The number of halogens is 3. The van der Waals surface area contributed by atoms with Gasteiger partial charge >= 0.3 is 5.97 Å². The van der Waals surface area contributed by atoms with Crippen LogP contribution in [0.2, 0.25) is 10.0 Å². The molecule has 0 atom stereocenters. The summed E-state index contributed by atoms with van der Waals surface area (Å²) in [6.45, 7) is 0.168. The molecule has 2 aromatic rings. The molecule has 0 bridgehead atoms. The molecule has 0 saturated carbocycles. The number of aliphatic imine (C=N–C) groups is 1. The summed E-state index contributed by atoms with van der Waals surface area (Å²) in [6.07, 6.45) is 1.60. The fourth-order valence-electron chi connectivity index (χ4n) is 2.38. The van der Waals surface area contributed by atoms with Gasteiger partial charge in [-0.1, -0.05) is 39.1 Å². The highest BCUT2D eigenvalue weighted by atomic mass is 79.9. The van der Waals surface area contributed by atoms with E-state index in [1.807, 2.05) is 0 Å². The summed E-state index contributed by atoms with van der Waals surface area (Å²) in [5.41, 5.74) is 1.36. The fraction of sp³-hybridized carbons (Fsp3) is 0.0588. The van der Waals surface area contributed by atoms with E-state index in [1.165, 1.54) is 0 Å². The zero-order valence-electron chi connectivity index (χ0n) is 12.4. The third kappa shape index (κ3) is 3.13. The van der Waals surface area contributed by atoms with Gasteiger partial charge in [0.05, 0.1) is 10.6 Å². The van der Waals surface area contributed by atoms with E-state index < -0.39 is 5.97 Å². The lowest BCUT2D eigenvalue weighted by atomic mass is 10.1. The molecule has 4 rings (SSSR count). The zero-order chi connectivity index (χ0) is 17.6. The van der Waals surface area contributed by atoms with Gasteiger partial charge in [-0.25, -0.2) is 9.79 Å². The van der Waals surface area contributed by atoms with Crippen LogP contribution in [-0.4, -0.2) is 18.7 Å². The normalized spacial score (nSPS) is 17.0. The van der Waals surface area contributed by atoms with Gasteiger partial charge in [0, 0.05) is 9.50 Å². The Morgan fingerprint density at radius 2 is 1.88 bits per heavy atom. The standard InChI is InChI=1S/C17H8BrCl2NO4/c18-11-6-15-14(23-7-24-15)4-8(11)3-13-17(22)25-16(21-13)10-2-1-9(19)5-12(10)20/h1-6H,7H2/b13-3+. The Kier molecular flexibility index (Phi) is 4.19. The highest BCUT2D eigenvalue weighted by molar-refractivity contribution is 9.10. The second-order valence-electron chi connectivity index (χ2n) is 5.19. The highest BCUT2D eigenvalue weighted by Crippen LogP contribution is 2.38. The molecule has 0 amide bonds. The van der Waals surface area contributed by atoms with Crippen LogP contribution in [0, 0.1) is 0 Å². The van der Waals surface area contributed by atoms with E-state index in [9.17, 15) is 4.79 Å². The van der Waals surface area contributed by atoms with Gasteiger partial charge in [-0.3, -0.25) is 0 Å². The van der Waals surface area contributed by atoms with Crippen LogP contribution in [0.1, 0.15) is 11.1 Å². The molecule has 0 aliphatic carbocycles. The minimum atomic E-state index is -0.564. The average Bonchev–Trinajstić information content (AvgIpc) is 3.14.